The van der Waals surface area contributed by atoms with Crippen LogP contribution in [0.4, 0.5) is 0 Å². The number of ether oxygens (including phenoxy) is 1. The smallest absolute Gasteiger partial charge is 0.238 e. The summed E-state index contributed by atoms with van der Waals surface area (Å²) >= 11 is 0. The minimum absolute atomic E-state index is 0.561. The van der Waals surface area contributed by atoms with Gasteiger partial charge in [0, 0.05) is 11.8 Å². The number of aryl methyl sites for hydroxylation is 2. The molecule has 6 nitrogen and oxygen atoms in total. The zero-order valence-electron chi connectivity index (χ0n) is 13.7. The molecule has 0 aliphatic carbocycles. The average Bonchev–Trinajstić information content (AvgIpc) is 3.18. The summed E-state index contributed by atoms with van der Waals surface area (Å²) in [5.74, 6) is 1.46. The Morgan fingerprint density at radius 1 is 1.08 bits per heavy atom. The highest BCUT2D eigenvalue weighted by molar-refractivity contribution is 5.81. The molecule has 4 aromatic rings. The van der Waals surface area contributed by atoms with Gasteiger partial charge in [-0.25, -0.2) is 15.0 Å². The van der Waals surface area contributed by atoms with Crippen LogP contribution in [0.1, 0.15) is 11.5 Å². The SMILES string of the molecule is COc1nc(-c2ccc3nc(C)[nH]c3c2)ccc1-n1cnc(C)c1. The van der Waals surface area contributed by atoms with E-state index in [9.17, 15) is 0 Å². The van der Waals surface area contributed by atoms with Crippen LogP contribution in [0.15, 0.2) is 42.9 Å². The maximum Gasteiger partial charge on any atom is 0.238 e. The Kier molecular flexibility index (Phi) is 3.30. The number of aromatic nitrogens is 5. The van der Waals surface area contributed by atoms with Crippen LogP contribution in [-0.4, -0.2) is 31.6 Å². The van der Waals surface area contributed by atoms with Crippen molar-refractivity contribution >= 4 is 11.0 Å². The molecule has 0 amide bonds. The second kappa shape index (κ2) is 5.49. The van der Waals surface area contributed by atoms with E-state index in [1.165, 1.54) is 0 Å². The summed E-state index contributed by atoms with van der Waals surface area (Å²) in [4.78, 5) is 16.6. The van der Waals surface area contributed by atoms with Gasteiger partial charge in [-0.15, -0.1) is 0 Å². The van der Waals surface area contributed by atoms with Gasteiger partial charge in [0.05, 0.1) is 35.9 Å². The van der Waals surface area contributed by atoms with E-state index in [0.29, 0.717) is 5.88 Å². The lowest BCUT2D eigenvalue weighted by Crippen LogP contribution is -1.99. The number of hydrogen-bond acceptors (Lipinski definition) is 4. The number of imidazole rings is 2. The molecule has 0 bridgehead atoms. The Bertz CT molecular complexity index is 1030. The summed E-state index contributed by atoms with van der Waals surface area (Å²) in [6.45, 7) is 3.90. The van der Waals surface area contributed by atoms with Crippen molar-refractivity contribution in [2.75, 3.05) is 7.11 Å². The van der Waals surface area contributed by atoms with Crippen LogP contribution in [0.3, 0.4) is 0 Å². The minimum atomic E-state index is 0.561. The maximum absolute atomic E-state index is 5.48. The van der Waals surface area contributed by atoms with Crippen LogP contribution in [-0.2, 0) is 0 Å². The third-order valence-corrected chi connectivity index (χ3v) is 3.92. The number of pyridine rings is 1. The molecule has 0 spiro atoms. The summed E-state index contributed by atoms with van der Waals surface area (Å²) in [5, 5.41) is 0. The van der Waals surface area contributed by atoms with Crippen molar-refractivity contribution in [1.29, 1.82) is 0 Å². The zero-order chi connectivity index (χ0) is 16.7. The van der Waals surface area contributed by atoms with Gasteiger partial charge in [-0.2, -0.15) is 0 Å². The van der Waals surface area contributed by atoms with Crippen LogP contribution in [0, 0.1) is 13.8 Å². The van der Waals surface area contributed by atoms with E-state index in [4.69, 9.17) is 4.74 Å². The van der Waals surface area contributed by atoms with E-state index in [1.54, 1.807) is 13.4 Å². The lowest BCUT2D eigenvalue weighted by Gasteiger charge is -2.10. The average molecular weight is 319 g/mol. The standard InChI is InChI=1S/C18H17N5O/c1-11-9-23(10-19-11)17-7-6-14(22-18(17)24-3)13-4-5-15-16(8-13)21-12(2)20-15/h4-10H,1-3H3,(H,20,21). The van der Waals surface area contributed by atoms with Crippen molar-refractivity contribution in [3.63, 3.8) is 0 Å². The zero-order valence-corrected chi connectivity index (χ0v) is 13.7. The summed E-state index contributed by atoms with van der Waals surface area (Å²) in [6.07, 6.45) is 3.70. The van der Waals surface area contributed by atoms with E-state index in [0.717, 1.165) is 39.5 Å². The second-order valence-corrected chi connectivity index (χ2v) is 5.70. The number of H-pyrrole nitrogens is 1. The number of hydrogen-bond donors (Lipinski definition) is 1. The van der Waals surface area contributed by atoms with E-state index in [1.807, 2.05) is 48.9 Å². The fourth-order valence-corrected chi connectivity index (χ4v) is 2.79. The van der Waals surface area contributed by atoms with E-state index in [2.05, 4.69) is 26.0 Å². The van der Waals surface area contributed by atoms with Gasteiger partial charge in [-0.3, -0.25) is 0 Å². The first-order valence-corrected chi connectivity index (χ1v) is 7.67. The maximum atomic E-state index is 5.48. The molecule has 0 aliphatic rings. The first-order chi connectivity index (χ1) is 11.6. The molecule has 0 unspecified atom stereocenters. The molecule has 3 aromatic heterocycles. The van der Waals surface area contributed by atoms with Crippen molar-refractivity contribution in [2.24, 2.45) is 0 Å². The number of rotatable bonds is 3. The molecule has 3 heterocycles. The van der Waals surface area contributed by atoms with Crippen molar-refractivity contribution in [1.82, 2.24) is 24.5 Å². The van der Waals surface area contributed by atoms with Crippen LogP contribution in [0.5, 0.6) is 5.88 Å². The van der Waals surface area contributed by atoms with Gasteiger partial charge in [-0.1, -0.05) is 6.07 Å². The number of nitrogens with one attached hydrogen (secondary N) is 1. The molecule has 1 aromatic carbocycles. The van der Waals surface area contributed by atoms with E-state index in [-0.39, 0.29) is 0 Å². The molecule has 24 heavy (non-hydrogen) atoms. The molecule has 0 fully saturated rings. The molecule has 120 valence electrons. The summed E-state index contributed by atoms with van der Waals surface area (Å²) in [7, 11) is 1.63. The molecule has 0 saturated heterocycles. The number of methoxy groups -OCH3 is 1. The third-order valence-electron chi connectivity index (χ3n) is 3.92. The topological polar surface area (TPSA) is 68.6 Å². The molecule has 6 heteroatoms. The highest BCUT2D eigenvalue weighted by Gasteiger charge is 2.11. The fourth-order valence-electron chi connectivity index (χ4n) is 2.79. The van der Waals surface area contributed by atoms with Gasteiger partial charge in [0.15, 0.2) is 0 Å². The molecular formula is C18H17N5O. The predicted molar refractivity (Wildman–Crippen MR) is 92.5 cm³/mol. The number of fused-ring (bicyclic) bond motifs is 1. The first-order valence-electron chi connectivity index (χ1n) is 7.67. The highest BCUT2D eigenvalue weighted by atomic mass is 16.5. The van der Waals surface area contributed by atoms with Crippen molar-refractivity contribution < 1.29 is 4.74 Å². The normalized spacial score (nSPS) is 11.1. The molecule has 1 N–H and O–H groups in total. The Labute approximate surface area is 139 Å². The monoisotopic (exact) mass is 319 g/mol. The minimum Gasteiger partial charge on any atom is -0.479 e. The molecule has 0 aliphatic heterocycles. The molecule has 0 radical (unpaired) electrons. The van der Waals surface area contributed by atoms with Gasteiger partial charge in [0.2, 0.25) is 5.88 Å². The number of nitrogens with zero attached hydrogens (tertiary/aromatic N) is 4. The molecule has 0 atom stereocenters. The summed E-state index contributed by atoms with van der Waals surface area (Å²) in [5.41, 5.74) is 5.62. The van der Waals surface area contributed by atoms with Crippen LogP contribution in [0.2, 0.25) is 0 Å². The van der Waals surface area contributed by atoms with E-state index < -0.39 is 0 Å². The van der Waals surface area contributed by atoms with Crippen molar-refractivity contribution in [3.05, 3.63) is 54.4 Å². The Morgan fingerprint density at radius 3 is 2.71 bits per heavy atom. The largest absolute Gasteiger partial charge is 0.479 e. The van der Waals surface area contributed by atoms with Gasteiger partial charge < -0.3 is 14.3 Å². The number of benzene rings is 1. The fraction of sp³-hybridized carbons (Fsp3) is 0.167. The van der Waals surface area contributed by atoms with E-state index >= 15 is 0 Å². The van der Waals surface area contributed by atoms with Gasteiger partial charge in [0.1, 0.15) is 11.5 Å². The third kappa shape index (κ3) is 2.42. The van der Waals surface area contributed by atoms with Crippen LogP contribution >= 0.6 is 0 Å². The summed E-state index contributed by atoms with van der Waals surface area (Å²) < 4.78 is 7.39. The summed E-state index contributed by atoms with van der Waals surface area (Å²) in [6, 6.07) is 10.0. The molecule has 0 saturated carbocycles. The lowest BCUT2D eigenvalue weighted by atomic mass is 10.1. The second-order valence-electron chi connectivity index (χ2n) is 5.70. The Morgan fingerprint density at radius 2 is 1.96 bits per heavy atom. The quantitative estimate of drug-likeness (QED) is 0.628. The van der Waals surface area contributed by atoms with Gasteiger partial charge in [0.25, 0.3) is 0 Å². The first kappa shape index (κ1) is 14.4. The lowest BCUT2D eigenvalue weighted by molar-refractivity contribution is 0.396. The van der Waals surface area contributed by atoms with Crippen LogP contribution in [0.25, 0.3) is 28.0 Å². The Balaban J connectivity index is 1.80. The number of aromatic amines is 1. The Hall–Kier alpha value is -3.15. The van der Waals surface area contributed by atoms with Crippen molar-refractivity contribution in [3.8, 4) is 22.8 Å². The van der Waals surface area contributed by atoms with Crippen LogP contribution < -0.4 is 4.74 Å². The predicted octanol–water partition coefficient (Wildman–Crippen LogP) is 3.44. The molecular weight excluding hydrogens is 302 g/mol. The van der Waals surface area contributed by atoms with Gasteiger partial charge in [-0.05, 0) is 38.1 Å². The highest BCUT2D eigenvalue weighted by Crippen LogP contribution is 2.27. The van der Waals surface area contributed by atoms with Gasteiger partial charge >= 0.3 is 0 Å². The molecule has 4 rings (SSSR count). The van der Waals surface area contributed by atoms with Crippen molar-refractivity contribution in [2.45, 2.75) is 13.8 Å².